The Kier molecular flexibility index (Phi) is 6.85. The number of pyridine rings is 1. The number of hydrogen-bond donors (Lipinski definition) is 1. The molecule has 0 amide bonds. The van der Waals surface area contributed by atoms with Crippen LogP contribution in [0, 0.1) is 6.92 Å². The zero-order valence-electron chi connectivity index (χ0n) is 19.6. The molecule has 5 rings (SSSR count). The number of H-pyrrole nitrogens is 1. The standard InChI is InChI=1S/C25H30N6O2S/c1-3-23(24-27-28-29-31(24)15-20-6-4-10-33-20)30(16-21-7-5-11-34-21)14-19-13-18-9-8-17(2)12-22(18)26-25(19)32/h5,7-9,11-13,20,23H,3-4,6,10,14-16H2,1-2H3,(H,26,32). The van der Waals surface area contributed by atoms with Gasteiger partial charge in [0.1, 0.15) is 0 Å². The Morgan fingerprint density at radius 1 is 1.29 bits per heavy atom. The highest BCUT2D eigenvalue weighted by atomic mass is 32.1. The number of aromatic amines is 1. The van der Waals surface area contributed by atoms with Crippen molar-refractivity contribution >= 4 is 22.2 Å². The van der Waals surface area contributed by atoms with Crippen LogP contribution in [0.2, 0.25) is 0 Å². The third kappa shape index (κ3) is 4.96. The zero-order valence-corrected chi connectivity index (χ0v) is 20.4. The maximum absolute atomic E-state index is 13.0. The van der Waals surface area contributed by atoms with Gasteiger partial charge < -0.3 is 9.72 Å². The van der Waals surface area contributed by atoms with Crippen molar-refractivity contribution in [1.29, 1.82) is 0 Å². The van der Waals surface area contributed by atoms with E-state index in [4.69, 9.17) is 4.74 Å². The monoisotopic (exact) mass is 478 g/mol. The molecule has 0 bridgehead atoms. The van der Waals surface area contributed by atoms with Crippen molar-refractivity contribution in [1.82, 2.24) is 30.1 Å². The van der Waals surface area contributed by atoms with E-state index in [0.29, 0.717) is 19.6 Å². The van der Waals surface area contributed by atoms with Crippen molar-refractivity contribution in [2.75, 3.05) is 6.61 Å². The topological polar surface area (TPSA) is 88.9 Å². The molecular weight excluding hydrogens is 448 g/mol. The molecule has 0 aliphatic carbocycles. The molecule has 2 atom stereocenters. The third-order valence-electron chi connectivity index (χ3n) is 6.48. The van der Waals surface area contributed by atoms with Crippen LogP contribution in [0.15, 0.2) is 46.6 Å². The molecular formula is C25H30N6O2S. The van der Waals surface area contributed by atoms with Gasteiger partial charge in [-0.15, -0.1) is 16.4 Å². The molecule has 4 aromatic rings. The van der Waals surface area contributed by atoms with Crippen molar-refractivity contribution in [2.45, 2.75) is 64.9 Å². The van der Waals surface area contributed by atoms with Crippen molar-refractivity contribution in [3.05, 3.63) is 74.0 Å². The molecule has 34 heavy (non-hydrogen) atoms. The van der Waals surface area contributed by atoms with E-state index in [0.717, 1.165) is 53.7 Å². The van der Waals surface area contributed by atoms with Gasteiger partial charge in [0.2, 0.25) is 0 Å². The zero-order chi connectivity index (χ0) is 23.5. The van der Waals surface area contributed by atoms with E-state index >= 15 is 0 Å². The predicted octanol–water partition coefficient (Wildman–Crippen LogP) is 4.22. The van der Waals surface area contributed by atoms with Crippen LogP contribution >= 0.6 is 11.3 Å². The molecule has 1 fully saturated rings. The van der Waals surface area contributed by atoms with Gasteiger partial charge in [0.15, 0.2) is 5.82 Å². The summed E-state index contributed by atoms with van der Waals surface area (Å²) in [7, 11) is 0. The summed E-state index contributed by atoms with van der Waals surface area (Å²) in [6, 6.07) is 12.3. The SMILES string of the molecule is CCC(c1nnnn1CC1CCCO1)N(Cc1cccs1)Cc1cc2ccc(C)cc2[nH]c1=O. The number of fused-ring (bicyclic) bond motifs is 1. The molecule has 9 heteroatoms. The van der Waals surface area contributed by atoms with Crippen molar-refractivity contribution in [2.24, 2.45) is 0 Å². The fraction of sp³-hybridized carbons (Fsp3) is 0.440. The first-order chi connectivity index (χ1) is 16.6. The van der Waals surface area contributed by atoms with Gasteiger partial charge in [-0.1, -0.05) is 25.1 Å². The van der Waals surface area contributed by atoms with E-state index < -0.39 is 0 Å². The number of rotatable bonds is 9. The van der Waals surface area contributed by atoms with E-state index in [-0.39, 0.29) is 17.7 Å². The lowest BCUT2D eigenvalue weighted by atomic mass is 10.1. The first-order valence-electron chi connectivity index (χ1n) is 11.9. The molecule has 1 aromatic carbocycles. The number of ether oxygens (including phenoxy) is 1. The Morgan fingerprint density at radius 3 is 2.97 bits per heavy atom. The van der Waals surface area contributed by atoms with Crippen molar-refractivity contribution in [3.63, 3.8) is 0 Å². The van der Waals surface area contributed by atoms with E-state index in [9.17, 15) is 4.79 Å². The summed E-state index contributed by atoms with van der Waals surface area (Å²) >= 11 is 1.72. The van der Waals surface area contributed by atoms with Crippen molar-refractivity contribution < 1.29 is 4.74 Å². The number of thiophene rings is 1. The largest absolute Gasteiger partial charge is 0.376 e. The number of tetrazole rings is 1. The van der Waals surface area contributed by atoms with Crippen LogP contribution in [0.5, 0.6) is 0 Å². The van der Waals surface area contributed by atoms with Gasteiger partial charge in [-0.05, 0) is 71.1 Å². The Bertz CT molecular complexity index is 1290. The lowest BCUT2D eigenvalue weighted by Crippen LogP contribution is -2.33. The summed E-state index contributed by atoms with van der Waals surface area (Å²) in [5, 5.41) is 15.8. The summed E-state index contributed by atoms with van der Waals surface area (Å²) in [6.45, 7) is 6.85. The van der Waals surface area contributed by atoms with Gasteiger partial charge >= 0.3 is 0 Å². The second kappa shape index (κ2) is 10.2. The molecule has 4 heterocycles. The Hall–Kier alpha value is -2.88. The smallest absolute Gasteiger partial charge is 0.252 e. The Morgan fingerprint density at radius 2 is 2.21 bits per heavy atom. The minimum atomic E-state index is -0.0527. The molecule has 1 aliphatic heterocycles. The molecule has 0 saturated carbocycles. The lowest BCUT2D eigenvalue weighted by Gasteiger charge is -2.30. The highest BCUT2D eigenvalue weighted by molar-refractivity contribution is 7.09. The number of nitrogens with zero attached hydrogens (tertiary/aromatic N) is 5. The number of nitrogens with one attached hydrogen (secondary N) is 1. The lowest BCUT2D eigenvalue weighted by molar-refractivity contribution is 0.0889. The first-order valence-corrected chi connectivity index (χ1v) is 12.8. The average Bonchev–Trinajstić information content (AvgIpc) is 3.60. The average molecular weight is 479 g/mol. The summed E-state index contributed by atoms with van der Waals surface area (Å²) in [6.07, 6.45) is 3.08. The maximum Gasteiger partial charge on any atom is 0.252 e. The van der Waals surface area contributed by atoms with Crippen LogP contribution in [0.4, 0.5) is 0 Å². The molecule has 1 aliphatic rings. The van der Waals surface area contributed by atoms with Crippen LogP contribution in [0.1, 0.15) is 54.1 Å². The van der Waals surface area contributed by atoms with Crippen LogP contribution < -0.4 is 5.56 Å². The Balaban J connectivity index is 1.48. The van der Waals surface area contributed by atoms with Crippen LogP contribution in [-0.4, -0.2) is 42.8 Å². The van der Waals surface area contributed by atoms with Crippen LogP contribution in [-0.2, 0) is 24.4 Å². The summed E-state index contributed by atoms with van der Waals surface area (Å²) < 4.78 is 7.72. The molecule has 0 spiro atoms. The van der Waals surface area contributed by atoms with Crippen LogP contribution in [0.25, 0.3) is 10.9 Å². The van der Waals surface area contributed by atoms with Gasteiger partial charge in [0.25, 0.3) is 5.56 Å². The minimum Gasteiger partial charge on any atom is -0.376 e. The van der Waals surface area contributed by atoms with Gasteiger partial charge in [-0.25, -0.2) is 4.68 Å². The van der Waals surface area contributed by atoms with E-state index in [1.165, 1.54) is 4.88 Å². The van der Waals surface area contributed by atoms with Gasteiger partial charge in [-0.2, -0.15) is 0 Å². The quantitative estimate of drug-likeness (QED) is 0.388. The molecule has 1 saturated heterocycles. The summed E-state index contributed by atoms with van der Waals surface area (Å²) in [5.41, 5.74) is 2.68. The highest BCUT2D eigenvalue weighted by Gasteiger charge is 2.28. The van der Waals surface area contributed by atoms with Gasteiger partial charge in [0.05, 0.1) is 18.7 Å². The second-order valence-electron chi connectivity index (χ2n) is 8.98. The fourth-order valence-electron chi connectivity index (χ4n) is 4.74. The van der Waals surface area contributed by atoms with Gasteiger partial charge in [-0.3, -0.25) is 9.69 Å². The second-order valence-corrected chi connectivity index (χ2v) is 10.0. The fourth-order valence-corrected chi connectivity index (χ4v) is 5.47. The molecule has 0 radical (unpaired) electrons. The third-order valence-corrected chi connectivity index (χ3v) is 7.34. The molecule has 1 N–H and O–H groups in total. The van der Waals surface area contributed by atoms with Crippen molar-refractivity contribution in [3.8, 4) is 0 Å². The predicted molar refractivity (Wildman–Crippen MR) is 133 cm³/mol. The first kappa shape index (κ1) is 22.9. The van der Waals surface area contributed by atoms with Crippen LogP contribution in [0.3, 0.4) is 0 Å². The number of aryl methyl sites for hydroxylation is 1. The number of benzene rings is 1. The molecule has 2 unspecified atom stereocenters. The van der Waals surface area contributed by atoms with E-state index in [1.54, 1.807) is 11.3 Å². The normalized spacial score (nSPS) is 17.1. The highest BCUT2D eigenvalue weighted by Crippen LogP contribution is 2.28. The number of hydrogen-bond acceptors (Lipinski definition) is 7. The number of aromatic nitrogens is 5. The minimum absolute atomic E-state index is 0.0355. The molecule has 3 aromatic heterocycles. The van der Waals surface area contributed by atoms with Gasteiger partial charge in [0, 0.05) is 35.7 Å². The van der Waals surface area contributed by atoms with E-state index in [1.807, 2.05) is 23.7 Å². The molecule has 178 valence electrons. The molecule has 8 nitrogen and oxygen atoms in total. The Labute approximate surface area is 202 Å². The van der Waals surface area contributed by atoms with E-state index in [2.05, 4.69) is 62.0 Å². The maximum atomic E-state index is 13.0. The summed E-state index contributed by atoms with van der Waals surface area (Å²) in [5.74, 6) is 0.822. The summed E-state index contributed by atoms with van der Waals surface area (Å²) in [4.78, 5) is 19.7.